The number of fused-ring (bicyclic) bond motifs is 1. The molecule has 0 fully saturated rings. The van der Waals surface area contributed by atoms with E-state index in [2.05, 4.69) is 0 Å². The molecule has 2 aromatic carbocycles. The lowest BCUT2D eigenvalue weighted by molar-refractivity contribution is 0.0641. The molecule has 5 heteroatoms. The van der Waals surface area contributed by atoms with Crippen LogP contribution in [-0.2, 0) is 6.54 Å². The lowest BCUT2D eigenvalue weighted by atomic mass is 10.1. The molecule has 0 unspecified atom stereocenters. The number of methoxy groups -OCH3 is 2. The van der Waals surface area contributed by atoms with E-state index in [9.17, 15) is 9.59 Å². The predicted octanol–water partition coefficient (Wildman–Crippen LogP) is 2.50. The minimum absolute atomic E-state index is 0.235. The Labute approximate surface area is 128 Å². The Balaban J connectivity index is 2.02. The summed E-state index contributed by atoms with van der Waals surface area (Å²) < 4.78 is 10.5. The van der Waals surface area contributed by atoms with Crippen LogP contribution in [0.5, 0.6) is 11.5 Å². The molecule has 5 nitrogen and oxygen atoms in total. The highest BCUT2D eigenvalue weighted by Crippen LogP contribution is 2.38. The van der Waals surface area contributed by atoms with Crippen molar-refractivity contribution in [2.24, 2.45) is 0 Å². The van der Waals surface area contributed by atoms with Gasteiger partial charge < -0.3 is 9.47 Å². The number of carbonyl (C=O) groups is 2. The molecule has 0 radical (unpaired) electrons. The zero-order chi connectivity index (χ0) is 15.7. The quantitative estimate of drug-likeness (QED) is 0.814. The second-order valence-corrected chi connectivity index (χ2v) is 4.91. The van der Waals surface area contributed by atoms with E-state index in [1.54, 1.807) is 12.1 Å². The molecule has 1 aliphatic rings. The summed E-state index contributed by atoms with van der Waals surface area (Å²) in [5, 5.41) is 0. The number of rotatable bonds is 4. The third-order valence-electron chi connectivity index (χ3n) is 3.66. The molecule has 22 heavy (non-hydrogen) atoms. The average Bonchev–Trinajstić information content (AvgIpc) is 2.80. The molecule has 0 N–H and O–H groups in total. The van der Waals surface area contributed by atoms with Crippen molar-refractivity contribution in [3.8, 4) is 11.5 Å². The largest absolute Gasteiger partial charge is 0.493 e. The normalized spacial score (nSPS) is 13.3. The molecule has 0 bridgehead atoms. The van der Waals surface area contributed by atoms with Gasteiger partial charge in [0.1, 0.15) is 0 Å². The van der Waals surface area contributed by atoms with E-state index in [1.807, 2.05) is 30.3 Å². The molecular weight excluding hydrogens is 282 g/mol. The number of carbonyl (C=O) groups excluding carboxylic acids is 2. The van der Waals surface area contributed by atoms with Gasteiger partial charge >= 0.3 is 0 Å². The molecule has 3 rings (SSSR count). The van der Waals surface area contributed by atoms with Crippen molar-refractivity contribution in [1.29, 1.82) is 0 Å². The molecule has 0 atom stereocenters. The highest BCUT2D eigenvalue weighted by Gasteiger charge is 2.39. The van der Waals surface area contributed by atoms with Crippen LogP contribution in [0.15, 0.2) is 42.5 Å². The van der Waals surface area contributed by atoms with E-state index in [-0.39, 0.29) is 23.9 Å². The zero-order valence-electron chi connectivity index (χ0n) is 12.3. The van der Waals surface area contributed by atoms with Crippen LogP contribution in [0.25, 0.3) is 0 Å². The van der Waals surface area contributed by atoms with E-state index in [0.29, 0.717) is 17.1 Å². The topological polar surface area (TPSA) is 55.8 Å². The van der Waals surface area contributed by atoms with Crippen LogP contribution in [0.1, 0.15) is 26.3 Å². The smallest absolute Gasteiger partial charge is 0.265 e. The van der Waals surface area contributed by atoms with Gasteiger partial charge in [-0.2, -0.15) is 0 Å². The van der Waals surface area contributed by atoms with E-state index in [4.69, 9.17) is 9.47 Å². The molecule has 0 aliphatic carbocycles. The molecule has 2 amide bonds. The van der Waals surface area contributed by atoms with Crippen molar-refractivity contribution in [3.05, 3.63) is 59.2 Å². The Hall–Kier alpha value is -2.82. The van der Waals surface area contributed by atoms with Crippen LogP contribution >= 0.6 is 0 Å². The van der Waals surface area contributed by atoms with Crippen LogP contribution < -0.4 is 9.47 Å². The Morgan fingerprint density at radius 2 is 1.64 bits per heavy atom. The first-order valence-electron chi connectivity index (χ1n) is 6.82. The van der Waals surface area contributed by atoms with Gasteiger partial charge in [-0.1, -0.05) is 30.3 Å². The highest BCUT2D eigenvalue weighted by atomic mass is 16.5. The van der Waals surface area contributed by atoms with Gasteiger partial charge in [0.2, 0.25) is 0 Å². The monoisotopic (exact) mass is 297 g/mol. The molecule has 0 saturated carbocycles. The van der Waals surface area contributed by atoms with Gasteiger partial charge in [0, 0.05) is 0 Å². The zero-order valence-corrected chi connectivity index (χ0v) is 12.3. The van der Waals surface area contributed by atoms with Gasteiger partial charge in [0.05, 0.1) is 31.9 Å². The fourth-order valence-corrected chi connectivity index (χ4v) is 2.60. The molecule has 0 aromatic heterocycles. The Kier molecular flexibility index (Phi) is 3.55. The fraction of sp³-hybridized carbons (Fsp3) is 0.176. The van der Waals surface area contributed by atoms with Crippen LogP contribution in [0.3, 0.4) is 0 Å². The average molecular weight is 297 g/mol. The predicted molar refractivity (Wildman–Crippen MR) is 80.2 cm³/mol. The maximum atomic E-state index is 12.6. The number of benzene rings is 2. The minimum Gasteiger partial charge on any atom is -0.493 e. The lowest BCUT2D eigenvalue weighted by Crippen LogP contribution is -2.29. The van der Waals surface area contributed by atoms with Crippen LogP contribution in [-0.4, -0.2) is 30.9 Å². The summed E-state index contributed by atoms with van der Waals surface area (Å²) >= 11 is 0. The van der Waals surface area contributed by atoms with Crippen molar-refractivity contribution >= 4 is 11.8 Å². The van der Waals surface area contributed by atoms with Crippen LogP contribution in [0.4, 0.5) is 0 Å². The lowest BCUT2D eigenvalue weighted by Gasteiger charge is -2.14. The molecular formula is C17H15NO4. The van der Waals surface area contributed by atoms with Crippen molar-refractivity contribution in [2.45, 2.75) is 6.54 Å². The van der Waals surface area contributed by atoms with Crippen molar-refractivity contribution in [1.82, 2.24) is 4.90 Å². The molecule has 1 heterocycles. The summed E-state index contributed by atoms with van der Waals surface area (Å²) in [7, 11) is 2.95. The van der Waals surface area contributed by atoms with Gasteiger partial charge in [-0.3, -0.25) is 14.5 Å². The van der Waals surface area contributed by atoms with Crippen molar-refractivity contribution in [3.63, 3.8) is 0 Å². The molecule has 0 saturated heterocycles. The minimum atomic E-state index is -0.361. The molecule has 1 aliphatic heterocycles. The first-order valence-corrected chi connectivity index (χ1v) is 6.82. The standard InChI is InChI=1S/C17H15NO4/c1-21-13-9-8-12-14(15(13)22-2)17(20)18(16(12)19)10-11-6-4-3-5-7-11/h3-9H,10H2,1-2H3. The Morgan fingerprint density at radius 3 is 2.27 bits per heavy atom. The van der Waals surface area contributed by atoms with Gasteiger partial charge in [0.15, 0.2) is 11.5 Å². The Morgan fingerprint density at radius 1 is 0.909 bits per heavy atom. The maximum Gasteiger partial charge on any atom is 0.265 e. The Bertz CT molecular complexity index is 740. The first-order chi connectivity index (χ1) is 10.7. The highest BCUT2D eigenvalue weighted by molar-refractivity contribution is 6.22. The van der Waals surface area contributed by atoms with Crippen LogP contribution in [0, 0.1) is 0 Å². The summed E-state index contributed by atoms with van der Waals surface area (Å²) in [6.45, 7) is 0.235. The third-order valence-corrected chi connectivity index (χ3v) is 3.66. The second kappa shape index (κ2) is 5.52. The van der Waals surface area contributed by atoms with E-state index >= 15 is 0 Å². The maximum absolute atomic E-state index is 12.6. The number of nitrogens with zero attached hydrogens (tertiary/aromatic N) is 1. The van der Waals surface area contributed by atoms with Gasteiger partial charge in [-0.25, -0.2) is 0 Å². The number of imide groups is 1. The molecule has 0 spiro atoms. The molecule has 2 aromatic rings. The SMILES string of the molecule is COc1ccc2c(c1OC)C(=O)N(Cc1ccccc1)C2=O. The first kappa shape index (κ1) is 14.1. The summed E-state index contributed by atoms with van der Waals surface area (Å²) in [6.07, 6.45) is 0. The van der Waals surface area contributed by atoms with Gasteiger partial charge in [-0.05, 0) is 17.7 Å². The summed E-state index contributed by atoms with van der Waals surface area (Å²) in [5.74, 6) is 0.0577. The van der Waals surface area contributed by atoms with Gasteiger partial charge in [-0.15, -0.1) is 0 Å². The van der Waals surface area contributed by atoms with E-state index < -0.39 is 0 Å². The van der Waals surface area contributed by atoms with E-state index in [1.165, 1.54) is 19.1 Å². The number of amides is 2. The summed E-state index contributed by atoms with van der Waals surface area (Å²) in [4.78, 5) is 26.3. The molecule has 112 valence electrons. The second-order valence-electron chi connectivity index (χ2n) is 4.91. The van der Waals surface area contributed by atoms with Crippen molar-refractivity contribution in [2.75, 3.05) is 14.2 Å². The summed E-state index contributed by atoms with van der Waals surface area (Å²) in [5.41, 5.74) is 1.50. The number of hydrogen-bond acceptors (Lipinski definition) is 4. The fourth-order valence-electron chi connectivity index (χ4n) is 2.60. The van der Waals surface area contributed by atoms with Gasteiger partial charge in [0.25, 0.3) is 11.8 Å². The number of hydrogen-bond donors (Lipinski definition) is 0. The third kappa shape index (κ3) is 2.11. The van der Waals surface area contributed by atoms with Crippen LogP contribution in [0.2, 0.25) is 0 Å². The van der Waals surface area contributed by atoms with Crippen molar-refractivity contribution < 1.29 is 19.1 Å². The van der Waals surface area contributed by atoms with E-state index in [0.717, 1.165) is 5.56 Å². The number of ether oxygens (including phenoxy) is 2. The summed E-state index contributed by atoms with van der Waals surface area (Å²) in [6, 6.07) is 12.6.